The Balaban J connectivity index is 3.30. The van der Waals surface area contributed by atoms with Crippen molar-refractivity contribution < 1.29 is 0 Å². The molecule has 2 N–H and O–H groups in total. The van der Waals surface area contributed by atoms with Crippen molar-refractivity contribution in [2.45, 2.75) is 33.1 Å². The molecular formula is C8H17N. The molecule has 0 aromatic rings. The van der Waals surface area contributed by atoms with Crippen LogP contribution in [0.5, 0.6) is 0 Å². The molecule has 0 heterocycles. The molecule has 0 saturated carbocycles. The van der Waals surface area contributed by atoms with Crippen molar-refractivity contribution in [3.63, 3.8) is 0 Å². The summed E-state index contributed by atoms with van der Waals surface area (Å²) in [5.74, 6) is 0. The van der Waals surface area contributed by atoms with Gasteiger partial charge in [-0.15, -0.1) is 0 Å². The first-order valence-corrected chi connectivity index (χ1v) is 3.67. The Kier molecular flexibility index (Phi) is 5.64. The highest BCUT2D eigenvalue weighted by atomic mass is 14.5. The summed E-state index contributed by atoms with van der Waals surface area (Å²) in [4.78, 5) is 0. The third-order valence-corrected chi connectivity index (χ3v) is 1.30. The molecular weight excluding hydrogens is 110 g/mol. The van der Waals surface area contributed by atoms with E-state index in [4.69, 9.17) is 5.73 Å². The van der Waals surface area contributed by atoms with Gasteiger partial charge in [0.2, 0.25) is 0 Å². The predicted octanol–water partition coefficient (Wildman–Crippen LogP) is 2.08. The van der Waals surface area contributed by atoms with Crippen molar-refractivity contribution in [1.82, 2.24) is 0 Å². The molecule has 0 atom stereocenters. The highest BCUT2D eigenvalue weighted by Crippen LogP contribution is 2.02. The van der Waals surface area contributed by atoms with Gasteiger partial charge in [0, 0.05) is 0 Å². The van der Waals surface area contributed by atoms with Crippen LogP contribution in [-0.2, 0) is 0 Å². The normalized spacial score (nSPS) is 12.1. The number of nitrogens with two attached hydrogens (primary N) is 1. The molecule has 0 radical (unpaired) electrons. The van der Waals surface area contributed by atoms with E-state index in [9.17, 15) is 0 Å². The number of hydrogen-bond donors (Lipinski definition) is 1. The van der Waals surface area contributed by atoms with Crippen LogP contribution in [0, 0.1) is 0 Å². The van der Waals surface area contributed by atoms with Gasteiger partial charge < -0.3 is 5.73 Å². The van der Waals surface area contributed by atoms with Crippen LogP contribution >= 0.6 is 0 Å². The smallest absolute Gasteiger partial charge is 0.00425 e. The lowest BCUT2D eigenvalue weighted by molar-refractivity contribution is 0.886. The van der Waals surface area contributed by atoms with Crippen LogP contribution < -0.4 is 5.73 Å². The highest BCUT2D eigenvalue weighted by molar-refractivity contribution is 4.97. The lowest BCUT2D eigenvalue weighted by Crippen LogP contribution is -1.95. The summed E-state index contributed by atoms with van der Waals surface area (Å²) >= 11 is 0. The Morgan fingerprint density at radius 2 is 2.22 bits per heavy atom. The van der Waals surface area contributed by atoms with Crippen LogP contribution in [0.2, 0.25) is 0 Å². The van der Waals surface area contributed by atoms with Crippen LogP contribution in [0.4, 0.5) is 0 Å². The lowest BCUT2D eigenvalue weighted by atomic mass is 10.1. The minimum Gasteiger partial charge on any atom is -0.330 e. The van der Waals surface area contributed by atoms with E-state index in [1.807, 2.05) is 0 Å². The van der Waals surface area contributed by atoms with Crippen molar-refractivity contribution in [3.8, 4) is 0 Å². The molecule has 0 aromatic carbocycles. The van der Waals surface area contributed by atoms with Gasteiger partial charge in [-0.3, -0.25) is 0 Å². The summed E-state index contributed by atoms with van der Waals surface area (Å²) in [5, 5.41) is 0. The number of hydrogen-bond acceptors (Lipinski definition) is 1. The van der Waals surface area contributed by atoms with Crippen LogP contribution in [0.3, 0.4) is 0 Å². The monoisotopic (exact) mass is 127 g/mol. The van der Waals surface area contributed by atoms with Gasteiger partial charge in [0.15, 0.2) is 0 Å². The zero-order valence-corrected chi connectivity index (χ0v) is 6.48. The van der Waals surface area contributed by atoms with E-state index in [0.717, 1.165) is 13.0 Å². The summed E-state index contributed by atoms with van der Waals surface area (Å²) in [6.07, 6.45) is 5.72. The van der Waals surface area contributed by atoms with Gasteiger partial charge in [-0.1, -0.05) is 25.0 Å². The molecule has 0 aliphatic rings. The Morgan fingerprint density at radius 1 is 1.56 bits per heavy atom. The van der Waals surface area contributed by atoms with Gasteiger partial charge in [0.1, 0.15) is 0 Å². The fourth-order valence-corrected chi connectivity index (χ4v) is 0.826. The summed E-state index contributed by atoms with van der Waals surface area (Å²) in [6.45, 7) is 5.14. The quantitative estimate of drug-likeness (QED) is 0.575. The third kappa shape index (κ3) is 5.57. The van der Waals surface area contributed by atoms with Crippen molar-refractivity contribution in [1.29, 1.82) is 0 Å². The van der Waals surface area contributed by atoms with Gasteiger partial charge in [-0.25, -0.2) is 0 Å². The first-order valence-electron chi connectivity index (χ1n) is 3.67. The molecule has 0 spiro atoms. The average Bonchev–Trinajstić information content (AvgIpc) is 1.85. The van der Waals surface area contributed by atoms with Crippen molar-refractivity contribution >= 4 is 0 Å². The Bertz CT molecular complexity index is 84.6. The summed E-state index contributed by atoms with van der Waals surface area (Å²) in [6, 6.07) is 0. The predicted molar refractivity (Wildman–Crippen MR) is 42.3 cm³/mol. The lowest BCUT2D eigenvalue weighted by Gasteiger charge is -1.95. The van der Waals surface area contributed by atoms with E-state index >= 15 is 0 Å². The first kappa shape index (κ1) is 8.70. The van der Waals surface area contributed by atoms with Crippen LogP contribution in [0.1, 0.15) is 33.1 Å². The standard InChI is InChI=1S/C8H17N/c1-3-5-8(2)6-4-7-9/h6H,3-5,7,9H2,1-2H3/b8-6+. The Labute approximate surface area is 57.9 Å². The van der Waals surface area contributed by atoms with Gasteiger partial charge in [-0.05, 0) is 26.3 Å². The Hall–Kier alpha value is -0.300. The van der Waals surface area contributed by atoms with Gasteiger partial charge >= 0.3 is 0 Å². The van der Waals surface area contributed by atoms with E-state index < -0.39 is 0 Å². The zero-order valence-electron chi connectivity index (χ0n) is 6.48. The molecule has 0 aliphatic heterocycles. The van der Waals surface area contributed by atoms with Crippen LogP contribution in [0.15, 0.2) is 11.6 Å². The number of rotatable bonds is 4. The molecule has 0 aromatic heterocycles. The second kappa shape index (κ2) is 5.83. The molecule has 0 aliphatic carbocycles. The topological polar surface area (TPSA) is 26.0 Å². The van der Waals surface area contributed by atoms with Gasteiger partial charge in [0.05, 0.1) is 0 Å². The molecule has 0 saturated heterocycles. The third-order valence-electron chi connectivity index (χ3n) is 1.30. The molecule has 0 amide bonds. The van der Waals surface area contributed by atoms with Crippen molar-refractivity contribution in [3.05, 3.63) is 11.6 Å². The largest absolute Gasteiger partial charge is 0.330 e. The molecule has 0 rings (SSSR count). The van der Waals surface area contributed by atoms with Gasteiger partial charge in [0.25, 0.3) is 0 Å². The minimum absolute atomic E-state index is 0.779. The van der Waals surface area contributed by atoms with Gasteiger partial charge in [-0.2, -0.15) is 0 Å². The molecule has 0 fully saturated rings. The second-order valence-corrected chi connectivity index (χ2v) is 2.38. The maximum Gasteiger partial charge on any atom is -0.00425 e. The Morgan fingerprint density at radius 3 is 2.67 bits per heavy atom. The maximum atomic E-state index is 5.33. The van der Waals surface area contributed by atoms with E-state index in [0.29, 0.717) is 0 Å². The average molecular weight is 127 g/mol. The number of allylic oxidation sites excluding steroid dienone is 1. The van der Waals surface area contributed by atoms with Crippen LogP contribution in [0.25, 0.3) is 0 Å². The maximum absolute atomic E-state index is 5.33. The summed E-state index contributed by atoms with van der Waals surface area (Å²) < 4.78 is 0. The molecule has 0 unspecified atom stereocenters. The highest BCUT2D eigenvalue weighted by Gasteiger charge is 1.84. The summed E-state index contributed by atoms with van der Waals surface area (Å²) in [7, 11) is 0. The molecule has 54 valence electrons. The first-order chi connectivity index (χ1) is 4.31. The SMILES string of the molecule is CCC/C(C)=C/CCN. The van der Waals surface area contributed by atoms with E-state index in [2.05, 4.69) is 19.9 Å². The van der Waals surface area contributed by atoms with Crippen LogP contribution in [-0.4, -0.2) is 6.54 Å². The van der Waals surface area contributed by atoms with Crippen molar-refractivity contribution in [2.24, 2.45) is 5.73 Å². The molecule has 9 heavy (non-hydrogen) atoms. The van der Waals surface area contributed by atoms with Crippen molar-refractivity contribution in [2.75, 3.05) is 6.54 Å². The van der Waals surface area contributed by atoms with E-state index in [-0.39, 0.29) is 0 Å². The fourth-order valence-electron chi connectivity index (χ4n) is 0.826. The fraction of sp³-hybridized carbons (Fsp3) is 0.750. The zero-order chi connectivity index (χ0) is 7.11. The molecule has 1 heteroatoms. The van der Waals surface area contributed by atoms with E-state index in [1.54, 1.807) is 0 Å². The molecule has 1 nitrogen and oxygen atoms in total. The summed E-state index contributed by atoms with van der Waals surface area (Å²) in [5.41, 5.74) is 6.80. The molecule has 0 bridgehead atoms. The minimum atomic E-state index is 0.779. The second-order valence-electron chi connectivity index (χ2n) is 2.38. The van der Waals surface area contributed by atoms with E-state index in [1.165, 1.54) is 18.4 Å².